The lowest BCUT2D eigenvalue weighted by atomic mass is 10.2. The van der Waals surface area contributed by atoms with Crippen molar-refractivity contribution in [3.05, 3.63) is 59.7 Å². The van der Waals surface area contributed by atoms with Crippen LogP contribution in [0.3, 0.4) is 0 Å². The normalized spacial score (nSPS) is 14.7. The van der Waals surface area contributed by atoms with Crippen molar-refractivity contribution in [2.24, 2.45) is 0 Å². The predicted molar refractivity (Wildman–Crippen MR) is 106 cm³/mol. The number of benzene rings is 2. The molecule has 8 heteroatoms. The van der Waals surface area contributed by atoms with E-state index in [4.69, 9.17) is 14.7 Å². The van der Waals surface area contributed by atoms with E-state index in [0.717, 1.165) is 19.3 Å². The number of esters is 1. The van der Waals surface area contributed by atoms with Gasteiger partial charge in [0.15, 0.2) is 0 Å². The van der Waals surface area contributed by atoms with Crippen LogP contribution in [0.15, 0.2) is 53.4 Å². The first-order valence-corrected chi connectivity index (χ1v) is 10.9. The average molecular weight is 414 g/mol. The minimum Gasteiger partial charge on any atom is -0.490 e. The summed E-state index contributed by atoms with van der Waals surface area (Å²) in [6, 6.07) is 14.7. The molecule has 7 nitrogen and oxygen atoms in total. The zero-order valence-corrected chi connectivity index (χ0v) is 16.7. The first kappa shape index (κ1) is 20.8. The van der Waals surface area contributed by atoms with Crippen LogP contribution >= 0.6 is 0 Å². The second-order valence-corrected chi connectivity index (χ2v) is 8.49. The molecule has 0 aromatic heterocycles. The highest BCUT2D eigenvalue weighted by molar-refractivity contribution is 7.89. The van der Waals surface area contributed by atoms with E-state index in [1.807, 2.05) is 6.07 Å². The van der Waals surface area contributed by atoms with Crippen molar-refractivity contribution >= 4 is 16.0 Å². The number of carbonyl (C=O) groups excluding carboxylic acids is 1. The lowest BCUT2D eigenvalue weighted by molar-refractivity contribution is 0.0445. The summed E-state index contributed by atoms with van der Waals surface area (Å²) in [5.74, 6) is -0.155. The molecular weight excluding hydrogens is 392 g/mol. The lowest BCUT2D eigenvalue weighted by Crippen LogP contribution is -2.36. The average Bonchev–Trinajstić information content (AvgIpc) is 2.77. The van der Waals surface area contributed by atoms with Crippen molar-refractivity contribution in [2.45, 2.75) is 24.2 Å². The molecule has 1 heterocycles. The number of ether oxygens (including phenoxy) is 2. The molecule has 0 unspecified atom stereocenters. The molecule has 1 aliphatic heterocycles. The quantitative estimate of drug-likeness (QED) is 0.510. The molecular formula is C21H22N2O5S. The van der Waals surface area contributed by atoms with E-state index in [-0.39, 0.29) is 23.7 Å². The van der Waals surface area contributed by atoms with E-state index < -0.39 is 16.0 Å². The Kier molecular flexibility index (Phi) is 6.86. The van der Waals surface area contributed by atoms with Gasteiger partial charge in [0, 0.05) is 13.1 Å². The highest BCUT2D eigenvalue weighted by atomic mass is 32.2. The van der Waals surface area contributed by atoms with Gasteiger partial charge in [-0.25, -0.2) is 13.2 Å². The van der Waals surface area contributed by atoms with Gasteiger partial charge in [0.05, 0.1) is 22.1 Å². The van der Waals surface area contributed by atoms with Gasteiger partial charge in [0.25, 0.3) is 0 Å². The monoisotopic (exact) mass is 414 g/mol. The molecule has 0 bridgehead atoms. The molecule has 2 aromatic carbocycles. The Balaban J connectivity index is 1.61. The molecule has 0 amide bonds. The molecule has 152 valence electrons. The Labute approximate surface area is 170 Å². The first-order chi connectivity index (χ1) is 14.0. The summed E-state index contributed by atoms with van der Waals surface area (Å²) < 4.78 is 38.0. The number of sulfonamides is 1. The van der Waals surface area contributed by atoms with Crippen LogP contribution < -0.4 is 4.74 Å². The van der Waals surface area contributed by atoms with Crippen molar-refractivity contribution in [1.29, 1.82) is 5.26 Å². The summed E-state index contributed by atoms with van der Waals surface area (Å²) in [4.78, 5) is 12.5. The number of piperidine rings is 1. The molecule has 0 N–H and O–H groups in total. The second-order valence-electron chi connectivity index (χ2n) is 6.58. The van der Waals surface area contributed by atoms with Crippen molar-refractivity contribution in [3.63, 3.8) is 0 Å². The van der Waals surface area contributed by atoms with E-state index in [0.29, 0.717) is 24.4 Å². The zero-order chi connectivity index (χ0) is 20.7. The second kappa shape index (κ2) is 9.54. The number of nitrogens with zero attached hydrogens (tertiary/aromatic N) is 2. The Hall–Kier alpha value is -2.89. The van der Waals surface area contributed by atoms with Gasteiger partial charge in [0.2, 0.25) is 10.0 Å². The fourth-order valence-corrected chi connectivity index (χ4v) is 4.80. The molecule has 1 aliphatic rings. The highest BCUT2D eigenvalue weighted by Crippen LogP contribution is 2.24. The molecule has 1 saturated heterocycles. The molecule has 1 fully saturated rings. The Morgan fingerprint density at radius 2 is 1.69 bits per heavy atom. The van der Waals surface area contributed by atoms with Crippen molar-refractivity contribution in [1.82, 2.24) is 4.31 Å². The fourth-order valence-electron chi connectivity index (χ4n) is 3.10. The minimum absolute atomic E-state index is 0.0245. The largest absolute Gasteiger partial charge is 0.490 e. The zero-order valence-electron chi connectivity index (χ0n) is 15.9. The van der Waals surface area contributed by atoms with Crippen LogP contribution in [0.2, 0.25) is 0 Å². The third-order valence-corrected chi connectivity index (χ3v) is 6.57. The van der Waals surface area contributed by atoms with Crippen LogP contribution in [0.4, 0.5) is 0 Å². The number of hydrogen-bond acceptors (Lipinski definition) is 6. The summed E-state index contributed by atoms with van der Waals surface area (Å²) in [7, 11) is -3.74. The molecule has 3 rings (SSSR count). The van der Waals surface area contributed by atoms with E-state index in [2.05, 4.69) is 0 Å². The van der Waals surface area contributed by atoms with Crippen LogP contribution in [0.25, 0.3) is 0 Å². The highest BCUT2D eigenvalue weighted by Gasteiger charge is 2.30. The van der Waals surface area contributed by atoms with E-state index in [1.54, 1.807) is 36.4 Å². The summed E-state index contributed by atoms with van der Waals surface area (Å²) in [6.45, 7) is 1.00. The Morgan fingerprint density at radius 1 is 1.00 bits per heavy atom. The molecule has 0 radical (unpaired) electrons. The molecule has 0 spiro atoms. The van der Waals surface area contributed by atoms with Gasteiger partial charge in [-0.3, -0.25) is 0 Å². The van der Waals surface area contributed by atoms with Gasteiger partial charge in [-0.15, -0.1) is 0 Å². The molecule has 0 atom stereocenters. The van der Waals surface area contributed by atoms with Gasteiger partial charge in [0.1, 0.15) is 19.0 Å². The van der Waals surface area contributed by atoms with Gasteiger partial charge >= 0.3 is 5.97 Å². The third kappa shape index (κ3) is 5.13. The maximum absolute atomic E-state index is 13.0. The standard InChI is InChI=1S/C21H22N2O5S/c22-16-17-8-10-18(11-9-17)27-14-15-28-21(24)19-6-2-3-7-20(19)29(25,26)23-12-4-1-5-13-23/h2-3,6-11H,1,4-5,12-15H2. The smallest absolute Gasteiger partial charge is 0.339 e. The maximum atomic E-state index is 13.0. The molecule has 29 heavy (non-hydrogen) atoms. The summed E-state index contributed by atoms with van der Waals surface area (Å²) in [5.41, 5.74) is 0.548. The van der Waals surface area contributed by atoms with Gasteiger partial charge in [-0.1, -0.05) is 18.6 Å². The molecule has 0 aliphatic carbocycles. The number of carbonyl (C=O) groups is 1. The van der Waals surface area contributed by atoms with Crippen molar-refractivity contribution in [3.8, 4) is 11.8 Å². The molecule has 2 aromatic rings. The van der Waals surface area contributed by atoms with Gasteiger partial charge in [-0.2, -0.15) is 9.57 Å². The first-order valence-electron chi connectivity index (χ1n) is 9.41. The van der Waals surface area contributed by atoms with Gasteiger partial charge < -0.3 is 9.47 Å². The summed E-state index contributed by atoms with van der Waals surface area (Å²) in [5, 5.41) is 8.78. The summed E-state index contributed by atoms with van der Waals surface area (Å²) in [6.07, 6.45) is 2.64. The number of rotatable bonds is 7. The predicted octanol–water partition coefficient (Wildman–Crippen LogP) is 2.97. The third-order valence-electron chi connectivity index (χ3n) is 4.61. The maximum Gasteiger partial charge on any atom is 0.339 e. The van der Waals surface area contributed by atoms with Crippen LogP contribution in [0.1, 0.15) is 35.2 Å². The Morgan fingerprint density at radius 3 is 2.38 bits per heavy atom. The van der Waals surface area contributed by atoms with Gasteiger partial charge in [-0.05, 0) is 49.2 Å². The van der Waals surface area contributed by atoms with Crippen molar-refractivity contribution in [2.75, 3.05) is 26.3 Å². The fraction of sp³-hybridized carbons (Fsp3) is 0.333. The van der Waals surface area contributed by atoms with Crippen LogP contribution in [-0.2, 0) is 14.8 Å². The summed E-state index contributed by atoms with van der Waals surface area (Å²) >= 11 is 0. The number of hydrogen-bond donors (Lipinski definition) is 0. The van der Waals surface area contributed by atoms with Crippen molar-refractivity contribution < 1.29 is 22.7 Å². The van der Waals surface area contributed by atoms with Crippen LogP contribution in [0, 0.1) is 11.3 Å². The Bertz CT molecular complexity index is 990. The molecule has 0 saturated carbocycles. The van der Waals surface area contributed by atoms with E-state index >= 15 is 0 Å². The van der Waals surface area contributed by atoms with Crippen LogP contribution in [0.5, 0.6) is 5.75 Å². The number of nitriles is 1. The SMILES string of the molecule is N#Cc1ccc(OCCOC(=O)c2ccccc2S(=O)(=O)N2CCCCC2)cc1. The topological polar surface area (TPSA) is 96.7 Å². The minimum atomic E-state index is -3.74. The van der Waals surface area contributed by atoms with E-state index in [1.165, 1.54) is 16.4 Å². The van der Waals surface area contributed by atoms with E-state index in [9.17, 15) is 13.2 Å². The van der Waals surface area contributed by atoms with Crippen LogP contribution in [-0.4, -0.2) is 45.0 Å². The lowest BCUT2D eigenvalue weighted by Gasteiger charge is -2.26.